The van der Waals surface area contributed by atoms with Crippen LogP contribution in [0.2, 0.25) is 0 Å². The Bertz CT molecular complexity index is 1930. The summed E-state index contributed by atoms with van der Waals surface area (Å²) in [5, 5.41) is 3.45. The standard InChI is InChI=1S/C21H25FN4O3.C12H16FN3O.C9H10BrNO2/c1-3-29-20(27)16-4-7-18(23-14-16)15-26(19-8-5-17(22)6-9-19)21(28)25-12-10-24(2)11-13-25;1-15-6-8-16(9-7-15)12(17)14-11-4-2-10(13)3-5-11;1-2-13-9(12)7-3-4-8(5-10)11-6-7/h4-9,14H,3,10-13,15H2,1-2H3;2-5H,6-9H2,1H3,(H,14,17);3-4,6H,2,5H2,1H3. The van der Waals surface area contributed by atoms with E-state index < -0.39 is 5.97 Å². The average molecular weight is 882 g/mol. The minimum absolute atomic E-state index is 0.121. The fourth-order valence-electron chi connectivity index (χ4n) is 5.66. The maximum atomic E-state index is 13.4. The van der Waals surface area contributed by atoms with Crippen molar-refractivity contribution < 1.29 is 37.4 Å². The van der Waals surface area contributed by atoms with Gasteiger partial charge >= 0.3 is 24.0 Å². The minimum Gasteiger partial charge on any atom is -0.462 e. The Balaban J connectivity index is 0.000000216. The molecule has 316 valence electrons. The van der Waals surface area contributed by atoms with E-state index in [4.69, 9.17) is 9.47 Å². The number of alkyl halides is 1. The van der Waals surface area contributed by atoms with E-state index in [1.54, 1.807) is 77.1 Å². The smallest absolute Gasteiger partial charge is 0.339 e. The number of carbonyl (C=O) groups is 4. The van der Waals surface area contributed by atoms with Gasteiger partial charge in [0.2, 0.25) is 0 Å². The first-order valence-corrected chi connectivity index (χ1v) is 20.3. The summed E-state index contributed by atoms with van der Waals surface area (Å²) < 4.78 is 35.9. The molecule has 17 heteroatoms. The number of benzene rings is 2. The van der Waals surface area contributed by atoms with Crippen LogP contribution in [0.5, 0.6) is 0 Å². The molecule has 0 atom stereocenters. The molecule has 14 nitrogen and oxygen atoms in total. The molecule has 4 amide bonds. The lowest BCUT2D eigenvalue weighted by Gasteiger charge is -2.36. The largest absolute Gasteiger partial charge is 0.462 e. The lowest BCUT2D eigenvalue weighted by atomic mass is 10.2. The predicted octanol–water partition coefficient (Wildman–Crippen LogP) is 6.53. The number of anilines is 2. The number of halogens is 3. The van der Waals surface area contributed by atoms with Gasteiger partial charge in [0, 0.05) is 81.5 Å². The summed E-state index contributed by atoms with van der Waals surface area (Å²) >= 11 is 3.27. The Morgan fingerprint density at radius 2 is 1.12 bits per heavy atom. The van der Waals surface area contributed by atoms with Gasteiger partial charge in [-0.05, 0) is 101 Å². The Kier molecular flexibility index (Phi) is 18.6. The summed E-state index contributed by atoms with van der Waals surface area (Å²) in [5.74, 6) is -1.42. The van der Waals surface area contributed by atoms with E-state index in [0.717, 1.165) is 45.0 Å². The van der Waals surface area contributed by atoms with Gasteiger partial charge in [-0.15, -0.1) is 0 Å². The molecular weight excluding hydrogens is 830 g/mol. The molecule has 2 saturated heterocycles. The van der Waals surface area contributed by atoms with Crippen LogP contribution >= 0.6 is 15.9 Å². The molecule has 2 fully saturated rings. The van der Waals surface area contributed by atoms with Gasteiger partial charge < -0.3 is 34.4 Å². The molecule has 0 bridgehead atoms. The molecule has 2 aromatic heterocycles. The third kappa shape index (κ3) is 15.0. The molecule has 2 aliphatic rings. The molecule has 0 saturated carbocycles. The van der Waals surface area contributed by atoms with E-state index in [1.165, 1.54) is 36.7 Å². The number of hydrogen-bond acceptors (Lipinski definition) is 10. The van der Waals surface area contributed by atoms with Crippen molar-refractivity contribution in [2.45, 2.75) is 25.7 Å². The highest BCUT2D eigenvalue weighted by molar-refractivity contribution is 9.08. The van der Waals surface area contributed by atoms with E-state index in [1.807, 2.05) is 14.1 Å². The van der Waals surface area contributed by atoms with Gasteiger partial charge in [-0.3, -0.25) is 14.9 Å². The average Bonchev–Trinajstić information content (AvgIpc) is 3.25. The zero-order chi connectivity index (χ0) is 42.7. The lowest BCUT2D eigenvalue weighted by molar-refractivity contribution is 0.0516. The highest BCUT2D eigenvalue weighted by Gasteiger charge is 2.26. The van der Waals surface area contributed by atoms with E-state index in [-0.39, 0.29) is 36.2 Å². The number of urea groups is 2. The number of nitrogens with zero attached hydrogens (tertiary/aromatic N) is 7. The van der Waals surface area contributed by atoms with Crippen LogP contribution in [0.25, 0.3) is 0 Å². The first-order chi connectivity index (χ1) is 28.4. The maximum absolute atomic E-state index is 13.4. The number of hydrogen-bond donors (Lipinski definition) is 1. The molecule has 4 heterocycles. The third-order valence-corrected chi connectivity index (χ3v) is 9.73. The van der Waals surface area contributed by atoms with Gasteiger partial charge in [-0.25, -0.2) is 28.0 Å². The Hall–Kier alpha value is -5.52. The summed E-state index contributed by atoms with van der Waals surface area (Å²) in [5.41, 5.74) is 3.57. The SMILES string of the molecule is CCOC(=O)c1ccc(CBr)nc1.CCOC(=O)c1ccc(CN(C(=O)N2CCN(C)CC2)c2ccc(F)cc2)nc1.CN1CCN(C(=O)Nc2ccc(F)cc2)CC1. The molecule has 2 aliphatic heterocycles. The fourth-order valence-corrected chi connectivity index (χ4v) is 5.99. The summed E-state index contributed by atoms with van der Waals surface area (Å²) in [7, 11) is 4.06. The Morgan fingerprint density at radius 1 is 0.661 bits per heavy atom. The number of rotatable bonds is 9. The normalized spacial score (nSPS) is 14.2. The van der Waals surface area contributed by atoms with Crippen molar-refractivity contribution in [3.05, 3.63) is 119 Å². The highest BCUT2D eigenvalue weighted by Crippen LogP contribution is 2.21. The van der Waals surface area contributed by atoms with Crippen molar-refractivity contribution in [1.29, 1.82) is 0 Å². The van der Waals surface area contributed by atoms with Crippen LogP contribution in [0.15, 0.2) is 85.2 Å². The molecule has 0 radical (unpaired) electrons. The number of aromatic nitrogens is 2. The van der Waals surface area contributed by atoms with Crippen molar-refractivity contribution in [3.8, 4) is 0 Å². The van der Waals surface area contributed by atoms with Crippen LogP contribution in [0.3, 0.4) is 0 Å². The molecule has 6 rings (SSSR count). The number of amides is 4. The maximum Gasteiger partial charge on any atom is 0.339 e. The number of nitrogens with one attached hydrogen (secondary N) is 1. The van der Waals surface area contributed by atoms with Gasteiger partial charge in [0.1, 0.15) is 11.6 Å². The Labute approximate surface area is 352 Å². The quantitative estimate of drug-likeness (QED) is 0.146. The van der Waals surface area contributed by atoms with Crippen molar-refractivity contribution >= 4 is 51.3 Å². The van der Waals surface area contributed by atoms with Crippen molar-refractivity contribution in [2.75, 3.05) is 89.9 Å². The van der Waals surface area contributed by atoms with Crippen LogP contribution in [-0.2, 0) is 21.3 Å². The minimum atomic E-state index is -0.435. The van der Waals surface area contributed by atoms with Gasteiger partial charge in [0.15, 0.2) is 0 Å². The number of esters is 2. The summed E-state index contributed by atoms with van der Waals surface area (Å²) in [6.07, 6.45) is 2.96. The number of pyridine rings is 2. The fraction of sp³-hybridized carbons (Fsp3) is 0.381. The molecule has 1 N–H and O–H groups in total. The van der Waals surface area contributed by atoms with E-state index in [9.17, 15) is 28.0 Å². The molecule has 4 aromatic rings. The van der Waals surface area contributed by atoms with Gasteiger partial charge in [-0.2, -0.15) is 0 Å². The van der Waals surface area contributed by atoms with Crippen LogP contribution in [0.4, 0.5) is 29.7 Å². The summed E-state index contributed by atoms with van der Waals surface area (Å²) in [6.45, 7) is 10.5. The van der Waals surface area contributed by atoms with Crippen LogP contribution in [0, 0.1) is 11.6 Å². The van der Waals surface area contributed by atoms with Crippen LogP contribution < -0.4 is 10.2 Å². The van der Waals surface area contributed by atoms with Crippen LogP contribution in [-0.4, -0.2) is 133 Å². The number of ether oxygens (including phenoxy) is 2. The number of carbonyl (C=O) groups excluding carboxylic acids is 4. The zero-order valence-corrected chi connectivity index (χ0v) is 35.4. The lowest BCUT2D eigenvalue weighted by Crippen LogP contribution is -2.52. The monoisotopic (exact) mass is 880 g/mol. The van der Waals surface area contributed by atoms with E-state index >= 15 is 0 Å². The molecule has 0 spiro atoms. The summed E-state index contributed by atoms with van der Waals surface area (Å²) in [4.78, 5) is 65.9. The summed E-state index contributed by atoms with van der Waals surface area (Å²) in [6, 6.07) is 18.2. The molecule has 2 aromatic carbocycles. The Morgan fingerprint density at radius 3 is 1.56 bits per heavy atom. The molecule has 59 heavy (non-hydrogen) atoms. The molecule has 0 unspecified atom stereocenters. The third-order valence-electron chi connectivity index (χ3n) is 9.16. The van der Waals surface area contributed by atoms with E-state index in [2.05, 4.69) is 41.0 Å². The second-order valence-corrected chi connectivity index (χ2v) is 14.1. The highest BCUT2D eigenvalue weighted by atomic mass is 79.9. The topological polar surface area (TPSA) is 141 Å². The van der Waals surface area contributed by atoms with E-state index in [0.29, 0.717) is 59.8 Å². The first kappa shape index (κ1) is 46.2. The van der Waals surface area contributed by atoms with Crippen molar-refractivity contribution in [3.63, 3.8) is 0 Å². The number of likely N-dealkylation sites (N-methyl/N-ethyl adjacent to an activating group) is 2. The van der Waals surface area contributed by atoms with Crippen molar-refractivity contribution in [2.24, 2.45) is 0 Å². The second-order valence-electron chi connectivity index (χ2n) is 13.5. The van der Waals surface area contributed by atoms with Crippen molar-refractivity contribution in [1.82, 2.24) is 29.6 Å². The van der Waals surface area contributed by atoms with Gasteiger partial charge in [0.25, 0.3) is 0 Å². The zero-order valence-electron chi connectivity index (χ0n) is 33.8. The van der Waals surface area contributed by atoms with Crippen LogP contribution in [0.1, 0.15) is 46.0 Å². The second kappa shape index (κ2) is 23.8. The van der Waals surface area contributed by atoms with Gasteiger partial charge in [0.05, 0.1) is 42.3 Å². The van der Waals surface area contributed by atoms with Gasteiger partial charge in [-0.1, -0.05) is 15.9 Å². The first-order valence-electron chi connectivity index (χ1n) is 19.2. The number of piperazine rings is 2. The predicted molar refractivity (Wildman–Crippen MR) is 225 cm³/mol. The molecule has 0 aliphatic carbocycles. The molecular formula is C42H51BrF2N8O6.